The molecule has 26 heavy (non-hydrogen) atoms. The Bertz CT molecular complexity index is 814. The number of ether oxygens (including phenoxy) is 2. The normalized spacial score (nSPS) is 14.2. The van der Waals surface area contributed by atoms with Crippen molar-refractivity contribution in [1.29, 1.82) is 0 Å². The van der Waals surface area contributed by atoms with Gasteiger partial charge in [-0.25, -0.2) is 4.79 Å². The van der Waals surface area contributed by atoms with Crippen LogP contribution in [-0.4, -0.2) is 41.9 Å². The lowest BCUT2D eigenvalue weighted by atomic mass is 10.1. The molecule has 3 rings (SSSR count). The first-order valence-electron chi connectivity index (χ1n) is 8.01. The summed E-state index contributed by atoms with van der Waals surface area (Å²) in [6, 6.07) is 13.2. The van der Waals surface area contributed by atoms with Gasteiger partial charge in [0.25, 0.3) is 11.8 Å². The van der Waals surface area contributed by atoms with Gasteiger partial charge in [0.15, 0.2) is 6.10 Å². The third kappa shape index (κ3) is 3.70. The van der Waals surface area contributed by atoms with Crippen molar-refractivity contribution < 1.29 is 23.9 Å². The van der Waals surface area contributed by atoms with Crippen molar-refractivity contribution in [2.24, 2.45) is 0 Å². The third-order valence-electron chi connectivity index (χ3n) is 3.90. The van der Waals surface area contributed by atoms with E-state index >= 15 is 0 Å². The Hall–Kier alpha value is -2.86. The number of esters is 1. The molecule has 7 heteroatoms. The van der Waals surface area contributed by atoms with Gasteiger partial charge < -0.3 is 9.47 Å². The average molecular weight is 374 g/mol. The highest BCUT2D eigenvalue weighted by Crippen LogP contribution is 2.22. The summed E-state index contributed by atoms with van der Waals surface area (Å²) in [5.74, 6) is -0.866. The van der Waals surface area contributed by atoms with Gasteiger partial charge in [0, 0.05) is 5.02 Å². The molecular formula is C19H16ClNO5. The zero-order valence-electron chi connectivity index (χ0n) is 14.0. The maximum atomic E-state index is 12.2. The first-order valence-corrected chi connectivity index (χ1v) is 8.39. The number of imide groups is 1. The first kappa shape index (κ1) is 17.9. The fraction of sp³-hybridized carbons (Fsp3) is 0.211. The molecule has 134 valence electrons. The summed E-state index contributed by atoms with van der Waals surface area (Å²) in [4.78, 5) is 37.5. The van der Waals surface area contributed by atoms with Crippen molar-refractivity contribution in [3.05, 3.63) is 64.7 Å². The van der Waals surface area contributed by atoms with E-state index in [9.17, 15) is 14.4 Å². The predicted octanol–water partition coefficient (Wildman–Crippen LogP) is 2.95. The van der Waals surface area contributed by atoms with Crippen LogP contribution in [0.4, 0.5) is 0 Å². The van der Waals surface area contributed by atoms with Crippen molar-refractivity contribution in [2.45, 2.75) is 13.0 Å². The Balaban J connectivity index is 1.50. The number of carbonyl (C=O) groups excluding carboxylic acids is 3. The molecule has 1 aliphatic heterocycles. The Labute approximate surface area is 155 Å². The number of carbonyl (C=O) groups is 3. The SMILES string of the molecule is C[C@H](Oc1ccc(Cl)cc1)C(=O)OCCN1C(=O)c2ccccc2C1=O. The van der Waals surface area contributed by atoms with Crippen molar-refractivity contribution in [1.82, 2.24) is 4.90 Å². The summed E-state index contributed by atoms with van der Waals surface area (Å²) in [5.41, 5.74) is 0.728. The number of halogens is 1. The molecule has 0 saturated heterocycles. The van der Waals surface area contributed by atoms with Crippen molar-refractivity contribution in [3.63, 3.8) is 0 Å². The summed E-state index contributed by atoms with van der Waals surface area (Å²) in [6.45, 7) is 1.45. The van der Waals surface area contributed by atoms with Gasteiger partial charge in [0.1, 0.15) is 12.4 Å². The lowest BCUT2D eigenvalue weighted by Gasteiger charge is -2.16. The second-order valence-electron chi connectivity index (χ2n) is 5.69. The van der Waals surface area contributed by atoms with E-state index in [2.05, 4.69) is 0 Å². The lowest BCUT2D eigenvalue weighted by Crippen LogP contribution is -2.35. The van der Waals surface area contributed by atoms with E-state index in [0.717, 1.165) is 4.90 Å². The number of benzene rings is 2. The zero-order chi connectivity index (χ0) is 18.7. The highest BCUT2D eigenvalue weighted by atomic mass is 35.5. The monoisotopic (exact) mass is 373 g/mol. The van der Waals surface area contributed by atoms with E-state index in [1.165, 1.54) is 0 Å². The van der Waals surface area contributed by atoms with Crippen LogP contribution in [0.1, 0.15) is 27.6 Å². The number of nitrogens with zero attached hydrogens (tertiary/aromatic N) is 1. The molecular weight excluding hydrogens is 358 g/mol. The summed E-state index contributed by atoms with van der Waals surface area (Å²) in [6.07, 6.45) is -0.835. The van der Waals surface area contributed by atoms with E-state index in [1.54, 1.807) is 55.5 Å². The molecule has 0 N–H and O–H groups in total. The standard InChI is InChI=1S/C19H16ClNO5/c1-12(26-14-8-6-13(20)7-9-14)19(24)25-11-10-21-17(22)15-4-2-3-5-16(15)18(21)23/h2-9,12H,10-11H2,1H3/t12-/m0/s1. The molecule has 1 heterocycles. The fourth-order valence-electron chi connectivity index (χ4n) is 2.56. The van der Waals surface area contributed by atoms with Gasteiger partial charge in [0.05, 0.1) is 17.7 Å². The summed E-state index contributed by atoms with van der Waals surface area (Å²) < 4.78 is 10.6. The van der Waals surface area contributed by atoms with Gasteiger partial charge in [0.2, 0.25) is 0 Å². The van der Waals surface area contributed by atoms with Crippen molar-refractivity contribution in [3.8, 4) is 5.75 Å². The van der Waals surface area contributed by atoms with E-state index in [0.29, 0.717) is 21.9 Å². The molecule has 1 atom stereocenters. The lowest BCUT2D eigenvalue weighted by molar-refractivity contribution is -0.151. The van der Waals surface area contributed by atoms with Gasteiger partial charge >= 0.3 is 5.97 Å². The maximum absolute atomic E-state index is 12.2. The Morgan fingerprint density at radius 3 is 2.19 bits per heavy atom. The highest BCUT2D eigenvalue weighted by molar-refractivity contribution is 6.30. The van der Waals surface area contributed by atoms with Crippen LogP contribution >= 0.6 is 11.6 Å². The average Bonchev–Trinajstić information content (AvgIpc) is 2.88. The van der Waals surface area contributed by atoms with Gasteiger partial charge in [-0.1, -0.05) is 23.7 Å². The smallest absolute Gasteiger partial charge is 0.347 e. The van der Waals surface area contributed by atoms with Crippen LogP contribution in [0.5, 0.6) is 5.75 Å². The largest absolute Gasteiger partial charge is 0.479 e. The van der Waals surface area contributed by atoms with E-state index in [1.807, 2.05) is 0 Å². The second-order valence-corrected chi connectivity index (χ2v) is 6.13. The van der Waals surface area contributed by atoms with E-state index in [-0.39, 0.29) is 25.0 Å². The highest BCUT2D eigenvalue weighted by Gasteiger charge is 2.34. The van der Waals surface area contributed by atoms with Gasteiger partial charge in [-0.15, -0.1) is 0 Å². The predicted molar refractivity (Wildman–Crippen MR) is 94.3 cm³/mol. The molecule has 0 aliphatic carbocycles. The molecule has 0 spiro atoms. The van der Waals surface area contributed by atoms with Gasteiger partial charge in [-0.05, 0) is 43.3 Å². The molecule has 0 aromatic heterocycles. The van der Waals surface area contributed by atoms with Crippen LogP contribution in [0, 0.1) is 0 Å². The van der Waals surface area contributed by atoms with Crippen LogP contribution in [0.15, 0.2) is 48.5 Å². The number of hydrogen-bond acceptors (Lipinski definition) is 5. The van der Waals surface area contributed by atoms with Crippen molar-refractivity contribution >= 4 is 29.4 Å². The van der Waals surface area contributed by atoms with E-state index < -0.39 is 12.1 Å². The molecule has 1 aliphatic rings. The molecule has 2 aromatic carbocycles. The van der Waals surface area contributed by atoms with E-state index in [4.69, 9.17) is 21.1 Å². The minimum absolute atomic E-state index is 0.00818. The minimum atomic E-state index is -0.835. The molecule has 0 bridgehead atoms. The van der Waals surface area contributed by atoms with Crippen LogP contribution in [0.25, 0.3) is 0 Å². The molecule has 0 saturated carbocycles. The Morgan fingerprint density at radius 2 is 1.62 bits per heavy atom. The maximum Gasteiger partial charge on any atom is 0.347 e. The van der Waals surface area contributed by atoms with Crippen molar-refractivity contribution in [2.75, 3.05) is 13.2 Å². The molecule has 0 fully saturated rings. The Kier molecular flexibility index (Phi) is 5.23. The van der Waals surface area contributed by atoms with Crippen LogP contribution in [0.3, 0.4) is 0 Å². The first-order chi connectivity index (χ1) is 12.5. The molecule has 6 nitrogen and oxygen atoms in total. The number of hydrogen-bond donors (Lipinski definition) is 0. The van der Waals surface area contributed by atoms with Crippen LogP contribution in [-0.2, 0) is 9.53 Å². The zero-order valence-corrected chi connectivity index (χ0v) is 14.7. The topological polar surface area (TPSA) is 72.9 Å². The number of fused-ring (bicyclic) bond motifs is 1. The summed E-state index contributed by atoms with van der Waals surface area (Å²) in [7, 11) is 0. The fourth-order valence-corrected chi connectivity index (χ4v) is 2.69. The summed E-state index contributed by atoms with van der Waals surface area (Å²) in [5, 5.41) is 0.563. The molecule has 2 amide bonds. The Morgan fingerprint density at radius 1 is 1.04 bits per heavy atom. The number of rotatable bonds is 6. The van der Waals surface area contributed by atoms with Crippen LogP contribution in [0.2, 0.25) is 5.02 Å². The second kappa shape index (κ2) is 7.58. The van der Waals surface area contributed by atoms with Gasteiger partial charge in [-0.2, -0.15) is 0 Å². The third-order valence-corrected chi connectivity index (χ3v) is 4.15. The van der Waals surface area contributed by atoms with Crippen LogP contribution < -0.4 is 4.74 Å². The molecule has 2 aromatic rings. The minimum Gasteiger partial charge on any atom is -0.479 e. The quantitative estimate of drug-likeness (QED) is 0.575. The molecule has 0 radical (unpaired) electrons. The molecule has 0 unspecified atom stereocenters. The van der Waals surface area contributed by atoms with Gasteiger partial charge in [-0.3, -0.25) is 14.5 Å². The summed E-state index contributed by atoms with van der Waals surface area (Å²) >= 11 is 5.79. The number of amides is 2.